The lowest BCUT2D eigenvalue weighted by molar-refractivity contribution is -0.118. The summed E-state index contributed by atoms with van der Waals surface area (Å²) in [6, 6.07) is 13.5. The van der Waals surface area contributed by atoms with Crippen molar-refractivity contribution in [2.75, 3.05) is 5.75 Å². The van der Waals surface area contributed by atoms with E-state index in [0.717, 1.165) is 28.6 Å². The van der Waals surface area contributed by atoms with Gasteiger partial charge >= 0.3 is 0 Å². The van der Waals surface area contributed by atoms with Gasteiger partial charge in [-0.3, -0.25) is 9.78 Å². The predicted molar refractivity (Wildman–Crippen MR) is 99.7 cm³/mol. The summed E-state index contributed by atoms with van der Waals surface area (Å²) in [6.45, 7) is 1.87. The summed E-state index contributed by atoms with van der Waals surface area (Å²) in [4.78, 5) is 15.9. The summed E-state index contributed by atoms with van der Waals surface area (Å²) in [5.41, 5.74) is 5.30. The van der Waals surface area contributed by atoms with Gasteiger partial charge in [0.25, 0.3) is 11.1 Å². The minimum Gasteiger partial charge on any atom is -0.411 e. The Labute approximate surface area is 154 Å². The van der Waals surface area contributed by atoms with Crippen molar-refractivity contribution >= 4 is 23.4 Å². The highest BCUT2D eigenvalue weighted by Crippen LogP contribution is 2.22. The number of benzene rings is 1. The van der Waals surface area contributed by atoms with Crippen LogP contribution in [-0.2, 0) is 11.2 Å². The average molecular weight is 367 g/mol. The second kappa shape index (κ2) is 8.91. The van der Waals surface area contributed by atoms with E-state index in [1.807, 2.05) is 37.3 Å². The highest BCUT2D eigenvalue weighted by Gasteiger charge is 2.11. The van der Waals surface area contributed by atoms with E-state index in [2.05, 4.69) is 25.7 Å². The molecule has 0 aliphatic heterocycles. The van der Waals surface area contributed by atoms with Gasteiger partial charge in [0.05, 0.1) is 5.75 Å². The molecular weight excluding hydrogens is 350 g/mol. The molecule has 0 atom stereocenters. The van der Waals surface area contributed by atoms with Gasteiger partial charge in [0, 0.05) is 30.1 Å². The maximum Gasteiger partial charge on any atom is 0.277 e. The molecule has 132 valence electrons. The van der Waals surface area contributed by atoms with E-state index in [0.29, 0.717) is 17.5 Å². The zero-order chi connectivity index (χ0) is 18.2. The molecule has 1 aromatic carbocycles. The third-order valence-electron chi connectivity index (χ3n) is 3.33. The fourth-order valence-electron chi connectivity index (χ4n) is 2.13. The lowest BCUT2D eigenvalue weighted by Crippen LogP contribution is -2.21. The highest BCUT2D eigenvalue weighted by atomic mass is 32.2. The van der Waals surface area contributed by atoms with Gasteiger partial charge in [-0.25, -0.2) is 5.43 Å². The summed E-state index contributed by atoms with van der Waals surface area (Å²) in [5, 5.41) is 12.3. The number of aromatic nitrogens is 3. The predicted octanol–water partition coefficient (Wildman–Crippen LogP) is 2.96. The molecule has 1 amide bonds. The molecule has 3 rings (SSSR count). The van der Waals surface area contributed by atoms with Gasteiger partial charge in [-0.1, -0.05) is 42.1 Å². The van der Waals surface area contributed by atoms with E-state index in [1.54, 1.807) is 24.5 Å². The Bertz CT molecular complexity index is 881. The normalized spacial score (nSPS) is 11.3. The summed E-state index contributed by atoms with van der Waals surface area (Å²) in [5.74, 6) is 0.304. The average Bonchev–Trinajstić information content (AvgIpc) is 3.15. The number of hydrogen-bond donors (Lipinski definition) is 1. The molecule has 0 fully saturated rings. The molecule has 0 saturated carbocycles. The first-order valence-corrected chi connectivity index (χ1v) is 8.92. The molecule has 3 aromatic rings. The molecule has 1 N–H and O–H groups in total. The van der Waals surface area contributed by atoms with Crippen LogP contribution in [-0.4, -0.2) is 32.6 Å². The van der Waals surface area contributed by atoms with Gasteiger partial charge in [0.15, 0.2) is 0 Å². The first-order chi connectivity index (χ1) is 12.7. The van der Waals surface area contributed by atoms with Crippen LogP contribution in [0, 0.1) is 0 Å². The Hall–Kier alpha value is -3.00. The Balaban J connectivity index is 1.47. The molecule has 0 saturated heterocycles. The number of thioether (sulfide) groups is 1. The molecule has 0 spiro atoms. The number of hydrazone groups is 1. The Morgan fingerprint density at radius 2 is 1.92 bits per heavy atom. The van der Waals surface area contributed by atoms with Crippen LogP contribution in [0.4, 0.5) is 0 Å². The highest BCUT2D eigenvalue weighted by molar-refractivity contribution is 7.99. The second-order valence-corrected chi connectivity index (χ2v) is 6.37. The van der Waals surface area contributed by atoms with Crippen molar-refractivity contribution in [2.24, 2.45) is 5.10 Å². The second-order valence-electron chi connectivity index (χ2n) is 5.44. The van der Waals surface area contributed by atoms with Crippen LogP contribution in [0.25, 0.3) is 11.5 Å². The first kappa shape index (κ1) is 17.8. The zero-order valence-electron chi connectivity index (χ0n) is 14.1. The van der Waals surface area contributed by atoms with Crippen molar-refractivity contribution in [2.45, 2.75) is 18.6 Å². The number of rotatable bonds is 7. The number of carbonyl (C=O) groups excluding carboxylic acids is 1. The molecule has 0 bridgehead atoms. The van der Waals surface area contributed by atoms with Crippen molar-refractivity contribution in [1.82, 2.24) is 20.6 Å². The van der Waals surface area contributed by atoms with E-state index in [4.69, 9.17) is 4.42 Å². The smallest absolute Gasteiger partial charge is 0.277 e. The van der Waals surface area contributed by atoms with Crippen molar-refractivity contribution < 1.29 is 9.21 Å². The Morgan fingerprint density at radius 3 is 2.69 bits per heavy atom. The van der Waals surface area contributed by atoms with Gasteiger partial charge in [-0.15, -0.1) is 10.2 Å². The quantitative estimate of drug-likeness (QED) is 0.392. The molecule has 2 aromatic heterocycles. The zero-order valence-corrected chi connectivity index (χ0v) is 14.9. The number of nitrogens with zero attached hydrogens (tertiary/aromatic N) is 4. The third-order valence-corrected chi connectivity index (χ3v) is 4.15. The maximum atomic E-state index is 11.9. The molecule has 2 heterocycles. The molecule has 26 heavy (non-hydrogen) atoms. The fourth-order valence-corrected chi connectivity index (χ4v) is 2.68. The monoisotopic (exact) mass is 367 g/mol. The van der Waals surface area contributed by atoms with Crippen molar-refractivity contribution in [3.05, 3.63) is 60.4 Å². The molecule has 0 aliphatic carbocycles. The summed E-state index contributed by atoms with van der Waals surface area (Å²) in [7, 11) is 0. The number of amides is 1. The largest absolute Gasteiger partial charge is 0.411 e. The first-order valence-electron chi connectivity index (χ1n) is 7.93. The molecule has 8 heteroatoms. The molecule has 0 unspecified atom stereocenters. The van der Waals surface area contributed by atoms with E-state index >= 15 is 0 Å². The summed E-state index contributed by atoms with van der Waals surface area (Å²) >= 11 is 1.16. The lowest BCUT2D eigenvalue weighted by Gasteiger charge is -2.02. The van der Waals surface area contributed by atoms with Gasteiger partial charge in [0.2, 0.25) is 5.89 Å². The van der Waals surface area contributed by atoms with Gasteiger partial charge in [0.1, 0.15) is 0 Å². The molecule has 0 radical (unpaired) electrons. The summed E-state index contributed by atoms with van der Waals surface area (Å²) in [6.07, 6.45) is 3.98. The molecule has 7 nitrogen and oxygen atoms in total. The van der Waals surface area contributed by atoms with Crippen LogP contribution in [0.3, 0.4) is 0 Å². The van der Waals surface area contributed by atoms with E-state index in [9.17, 15) is 4.79 Å². The number of pyridine rings is 1. The van der Waals surface area contributed by atoms with Crippen LogP contribution in [0.2, 0.25) is 0 Å². The Morgan fingerprint density at radius 1 is 1.15 bits per heavy atom. The lowest BCUT2D eigenvalue weighted by atomic mass is 10.1. The van der Waals surface area contributed by atoms with Crippen LogP contribution in [0.1, 0.15) is 12.5 Å². The SMILES string of the molecule is CC(Cc1ccccc1)=NNC(=O)CSc1nnc(-c2ccncc2)o1. The Kier molecular flexibility index (Phi) is 6.10. The van der Waals surface area contributed by atoms with Crippen LogP contribution < -0.4 is 5.43 Å². The van der Waals surface area contributed by atoms with Gasteiger partial charge in [-0.05, 0) is 24.6 Å². The van der Waals surface area contributed by atoms with Crippen LogP contribution in [0.15, 0.2) is 69.6 Å². The number of nitrogens with one attached hydrogen (secondary N) is 1. The van der Waals surface area contributed by atoms with Crippen LogP contribution >= 0.6 is 11.8 Å². The van der Waals surface area contributed by atoms with Gasteiger partial charge in [-0.2, -0.15) is 5.10 Å². The van der Waals surface area contributed by atoms with E-state index in [1.165, 1.54) is 0 Å². The van der Waals surface area contributed by atoms with E-state index < -0.39 is 0 Å². The van der Waals surface area contributed by atoms with Crippen molar-refractivity contribution in [3.8, 4) is 11.5 Å². The van der Waals surface area contributed by atoms with Crippen molar-refractivity contribution in [3.63, 3.8) is 0 Å². The minimum absolute atomic E-state index is 0.139. The molecule has 0 aliphatic rings. The number of carbonyl (C=O) groups is 1. The topological polar surface area (TPSA) is 93.3 Å². The number of hydrogen-bond acceptors (Lipinski definition) is 7. The standard InChI is InChI=1S/C18H17N5O2S/c1-13(11-14-5-3-2-4-6-14)20-21-16(24)12-26-18-23-22-17(25-18)15-7-9-19-10-8-15/h2-10H,11-12H2,1H3,(H,21,24). The fraction of sp³-hybridized carbons (Fsp3) is 0.167. The minimum atomic E-state index is -0.230. The van der Waals surface area contributed by atoms with Gasteiger partial charge < -0.3 is 4.42 Å². The van der Waals surface area contributed by atoms with Crippen molar-refractivity contribution in [1.29, 1.82) is 0 Å². The van der Waals surface area contributed by atoms with Crippen LogP contribution in [0.5, 0.6) is 0 Å². The third kappa shape index (κ3) is 5.25. The maximum absolute atomic E-state index is 11.9. The summed E-state index contributed by atoms with van der Waals surface area (Å²) < 4.78 is 5.52. The molecular formula is C18H17N5O2S. The van der Waals surface area contributed by atoms with E-state index in [-0.39, 0.29) is 11.7 Å².